The van der Waals surface area contributed by atoms with Gasteiger partial charge in [-0.2, -0.15) is 5.26 Å². The topological polar surface area (TPSA) is 108 Å². The lowest BCUT2D eigenvalue weighted by atomic mass is 9.91. The molecule has 4 N–H and O–H groups in total. The number of Topliss-reactive ketones (excluding diaryl/α,β-unsaturated/α-hetero) is 1. The van der Waals surface area contributed by atoms with Crippen LogP contribution in [0.1, 0.15) is 56.5 Å². The van der Waals surface area contributed by atoms with E-state index in [0.717, 1.165) is 12.8 Å². The lowest BCUT2D eigenvalue weighted by molar-refractivity contribution is 0.0913. The van der Waals surface area contributed by atoms with Crippen molar-refractivity contribution in [2.45, 2.75) is 52.7 Å². The van der Waals surface area contributed by atoms with Crippen molar-refractivity contribution in [3.8, 4) is 11.8 Å². The number of aliphatic hydroxyl groups excluding tert-OH is 1. The first kappa shape index (κ1) is 20.9. The predicted molar refractivity (Wildman–Crippen MR) is 98.6 cm³/mol. The third-order valence-corrected chi connectivity index (χ3v) is 4.13. The first-order chi connectivity index (χ1) is 11.8. The van der Waals surface area contributed by atoms with Gasteiger partial charge in [-0.3, -0.25) is 4.79 Å². The maximum atomic E-state index is 12.5. The van der Waals surface area contributed by atoms with E-state index in [1.54, 1.807) is 12.1 Å². The molecule has 6 nitrogen and oxygen atoms in total. The van der Waals surface area contributed by atoms with Crippen LogP contribution in [0.4, 0.5) is 5.69 Å². The molecule has 0 saturated carbocycles. The quantitative estimate of drug-likeness (QED) is 0.443. The van der Waals surface area contributed by atoms with Gasteiger partial charge < -0.3 is 20.9 Å². The van der Waals surface area contributed by atoms with Gasteiger partial charge >= 0.3 is 0 Å². The highest BCUT2D eigenvalue weighted by atomic mass is 16.5. The van der Waals surface area contributed by atoms with Crippen LogP contribution in [-0.4, -0.2) is 36.2 Å². The fourth-order valence-corrected chi connectivity index (χ4v) is 2.55. The Morgan fingerprint density at radius 3 is 2.52 bits per heavy atom. The molecule has 1 rings (SSSR count). The molecule has 1 aromatic carbocycles. The van der Waals surface area contributed by atoms with E-state index in [9.17, 15) is 15.2 Å². The Kier molecular flexibility index (Phi) is 8.39. The Hall–Kier alpha value is -2.10. The Bertz CT molecular complexity index is 619. The number of ketones is 1. The van der Waals surface area contributed by atoms with E-state index in [1.807, 2.05) is 33.8 Å². The molecule has 25 heavy (non-hydrogen) atoms. The van der Waals surface area contributed by atoms with E-state index in [0.29, 0.717) is 12.1 Å². The summed E-state index contributed by atoms with van der Waals surface area (Å²) in [7, 11) is 0. The molecule has 6 heteroatoms. The summed E-state index contributed by atoms with van der Waals surface area (Å²) in [5.74, 6) is 0.126. The molecular weight excluding hydrogens is 318 g/mol. The highest BCUT2D eigenvalue weighted by Gasteiger charge is 2.22. The summed E-state index contributed by atoms with van der Waals surface area (Å²) >= 11 is 0. The van der Waals surface area contributed by atoms with E-state index in [4.69, 9.17) is 10.5 Å². The Labute approximate surface area is 150 Å². The monoisotopic (exact) mass is 347 g/mol. The van der Waals surface area contributed by atoms with Gasteiger partial charge in [0, 0.05) is 24.1 Å². The molecule has 0 aliphatic carbocycles. The average molecular weight is 347 g/mol. The van der Waals surface area contributed by atoms with E-state index in [1.165, 1.54) is 0 Å². The first-order valence-electron chi connectivity index (χ1n) is 8.76. The number of hydrogen-bond acceptors (Lipinski definition) is 6. The van der Waals surface area contributed by atoms with Crippen LogP contribution in [0, 0.1) is 17.2 Å². The van der Waals surface area contributed by atoms with Crippen LogP contribution in [0.2, 0.25) is 0 Å². The van der Waals surface area contributed by atoms with E-state index < -0.39 is 6.10 Å². The summed E-state index contributed by atoms with van der Waals surface area (Å²) in [5.41, 5.74) is 6.69. The molecule has 0 bridgehead atoms. The van der Waals surface area contributed by atoms with Gasteiger partial charge in [0.2, 0.25) is 0 Å². The highest BCUT2D eigenvalue weighted by molar-refractivity contribution is 6.03. The second-order valence-corrected chi connectivity index (χ2v) is 6.42. The molecule has 1 unspecified atom stereocenters. The van der Waals surface area contributed by atoms with Gasteiger partial charge in [-0.15, -0.1) is 0 Å². The molecule has 0 aliphatic rings. The summed E-state index contributed by atoms with van der Waals surface area (Å²) in [6.45, 7) is 8.30. The van der Waals surface area contributed by atoms with Crippen LogP contribution in [0.15, 0.2) is 12.1 Å². The maximum Gasteiger partial charge on any atom is 0.168 e. The summed E-state index contributed by atoms with van der Waals surface area (Å²) < 4.78 is 5.55. The number of carbonyl (C=O) groups excluding carboxylic acids is 1. The standard InChI is InChI=1S/C19H29N3O3/c1-5-13(6-2)19(24)15-7-8-17(16(9-20)18(15)21)25-11-14(23)10-22-12(3)4/h7-8,12-14,22-23H,5-6,10-11,21H2,1-4H3. The molecule has 0 spiro atoms. The lowest BCUT2D eigenvalue weighted by Gasteiger charge is -2.18. The molecule has 0 aromatic heterocycles. The number of ether oxygens (including phenoxy) is 1. The number of rotatable bonds is 10. The second kappa shape index (κ2) is 10.0. The lowest BCUT2D eigenvalue weighted by Crippen LogP contribution is -2.35. The van der Waals surface area contributed by atoms with Crippen LogP contribution >= 0.6 is 0 Å². The SMILES string of the molecule is CCC(CC)C(=O)c1ccc(OCC(O)CNC(C)C)c(C#N)c1N. The third-order valence-electron chi connectivity index (χ3n) is 4.13. The van der Waals surface area contributed by atoms with Gasteiger partial charge in [-0.25, -0.2) is 0 Å². The number of aliphatic hydroxyl groups is 1. The number of benzene rings is 1. The minimum Gasteiger partial charge on any atom is -0.489 e. The number of nitrogens with zero attached hydrogens (tertiary/aromatic N) is 1. The number of nitriles is 1. The van der Waals surface area contributed by atoms with Crippen molar-refractivity contribution in [3.63, 3.8) is 0 Å². The van der Waals surface area contributed by atoms with Crippen LogP contribution in [0.5, 0.6) is 5.75 Å². The molecule has 0 fully saturated rings. The highest BCUT2D eigenvalue weighted by Crippen LogP contribution is 2.30. The molecule has 0 heterocycles. The normalized spacial score (nSPS) is 12.2. The summed E-state index contributed by atoms with van der Waals surface area (Å²) in [4.78, 5) is 12.5. The number of nitrogen functional groups attached to an aromatic ring is 1. The van der Waals surface area contributed by atoms with Crippen LogP contribution in [0.25, 0.3) is 0 Å². The zero-order valence-electron chi connectivity index (χ0n) is 15.5. The Morgan fingerprint density at radius 2 is 2.00 bits per heavy atom. The van der Waals surface area contributed by atoms with Gasteiger partial charge in [-0.05, 0) is 25.0 Å². The van der Waals surface area contributed by atoms with Crippen molar-refractivity contribution in [1.82, 2.24) is 5.32 Å². The number of carbonyl (C=O) groups is 1. The molecule has 0 radical (unpaired) electrons. The van der Waals surface area contributed by atoms with Gasteiger partial charge in [-0.1, -0.05) is 27.7 Å². The van der Waals surface area contributed by atoms with Crippen LogP contribution in [0.3, 0.4) is 0 Å². The van der Waals surface area contributed by atoms with Crippen LogP contribution in [-0.2, 0) is 0 Å². The molecule has 0 aliphatic heterocycles. The van der Waals surface area contributed by atoms with Crippen LogP contribution < -0.4 is 15.8 Å². The van der Waals surface area contributed by atoms with Crippen molar-refractivity contribution in [3.05, 3.63) is 23.3 Å². The molecule has 138 valence electrons. The van der Waals surface area contributed by atoms with E-state index in [2.05, 4.69) is 5.32 Å². The first-order valence-corrected chi connectivity index (χ1v) is 8.76. The van der Waals surface area contributed by atoms with Crippen molar-refractivity contribution >= 4 is 11.5 Å². The predicted octanol–water partition coefficient (Wildman–Crippen LogP) is 2.50. The van der Waals surface area contributed by atoms with Crippen molar-refractivity contribution < 1.29 is 14.6 Å². The summed E-state index contributed by atoms with van der Waals surface area (Å²) in [6, 6.07) is 5.45. The molecule has 1 atom stereocenters. The maximum absolute atomic E-state index is 12.5. The van der Waals surface area contributed by atoms with Gasteiger partial charge in [0.1, 0.15) is 30.1 Å². The minimum absolute atomic E-state index is 0.0354. The fraction of sp³-hybridized carbons (Fsp3) is 0.579. The zero-order valence-corrected chi connectivity index (χ0v) is 15.5. The zero-order chi connectivity index (χ0) is 19.0. The minimum atomic E-state index is -0.707. The van der Waals surface area contributed by atoms with Gasteiger partial charge in [0.05, 0.1) is 5.69 Å². The molecule has 0 amide bonds. The average Bonchev–Trinajstić information content (AvgIpc) is 2.59. The Morgan fingerprint density at radius 1 is 1.36 bits per heavy atom. The van der Waals surface area contributed by atoms with E-state index >= 15 is 0 Å². The number of hydrogen-bond donors (Lipinski definition) is 3. The second-order valence-electron chi connectivity index (χ2n) is 6.42. The molecule has 0 saturated heterocycles. The van der Waals surface area contributed by atoms with Gasteiger partial charge in [0.25, 0.3) is 0 Å². The fourth-order valence-electron chi connectivity index (χ4n) is 2.55. The van der Waals surface area contributed by atoms with Crippen molar-refractivity contribution in [1.29, 1.82) is 5.26 Å². The number of nitrogens with two attached hydrogens (primary N) is 1. The number of nitrogens with one attached hydrogen (secondary N) is 1. The summed E-state index contributed by atoms with van der Waals surface area (Å²) in [5, 5.41) is 22.4. The molecular formula is C19H29N3O3. The number of anilines is 1. The smallest absolute Gasteiger partial charge is 0.168 e. The Balaban J connectivity index is 2.92. The van der Waals surface area contributed by atoms with Gasteiger partial charge in [0.15, 0.2) is 5.78 Å². The van der Waals surface area contributed by atoms with Crippen molar-refractivity contribution in [2.24, 2.45) is 5.92 Å². The summed E-state index contributed by atoms with van der Waals surface area (Å²) in [6.07, 6.45) is 0.745. The van der Waals surface area contributed by atoms with E-state index in [-0.39, 0.29) is 41.4 Å². The van der Waals surface area contributed by atoms with Crippen molar-refractivity contribution in [2.75, 3.05) is 18.9 Å². The largest absolute Gasteiger partial charge is 0.489 e. The molecule has 1 aromatic rings. The third kappa shape index (κ3) is 5.73.